The molecule has 0 spiro atoms. The summed E-state index contributed by atoms with van der Waals surface area (Å²) >= 11 is 0. The van der Waals surface area contributed by atoms with Gasteiger partial charge in [-0.3, -0.25) is 9.59 Å². The Morgan fingerprint density at radius 3 is 1.25 bits per heavy atom. The van der Waals surface area contributed by atoms with Gasteiger partial charge in [0.1, 0.15) is 0 Å². The summed E-state index contributed by atoms with van der Waals surface area (Å²) < 4.78 is 0.220. The highest BCUT2D eigenvalue weighted by molar-refractivity contribution is 5.67. The molecule has 0 saturated heterocycles. The molecule has 7 nitrogen and oxygen atoms in total. The van der Waals surface area contributed by atoms with E-state index in [9.17, 15) is 19.5 Å². The van der Waals surface area contributed by atoms with Crippen molar-refractivity contribution in [3.8, 4) is 0 Å². The first kappa shape index (κ1) is 38.1. The van der Waals surface area contributed by atoms with Crippen molar-refractivity contribution in [2.45, 2.75) is 155 Å². The largest absolute Gasteiger partial charge is 0.550 e. The van der Waals surface area contributed by atoms with Crippen LogP contribution in [0.4, 0.5) is 0 Å². The number of allylic oxidation sites excluding steroid dienone is 2. The van der Waals surface area contributed by atoms with Crippen molar-refractivity contribution in [2.75, 3.05) is 26.2 Å². The maximum absolute atomic E-state index is 11.1. The number of quaternary nitrogens is 1. The van der Waals surface area contributed by atoms with Crippen LogP contribution in [0.5, 0.6) is 0 Å². The quantitative estimate of drug-likeness (QED) is 0.0517. The second-order valence-corrected chi connectivity index (χ2v) is 11.7. The first-order chi connectivity index (χ1) is 19.3. The van der Waals surface area contributed by atoms with Crippen LogP contribution in [0, 0.1) is 0 Å². The summed E-state index contributed by atoms with van der Waals surface area (Å²) in [6, 6.07) is 0. The van der Waals surface area contributed by atoms with Crippen molar-refractivity contribution in [3.63, 3.8) is 0 Å². The first-order valence-electron chi connectivity index (χ1n) is 16.4. The molecule has 2 N–H and O–H groups in total. The van der Waals surface area contributed by atoms with Crippen LogP contribution in [0.3, 0.4) is 0 Å². The van der Waals surface area contributed by atoms with Gasteiger partial charge >= 0.3 is 11.9 Å². The van der Waals surface area contributed by atoms with Gasteiger partial charge in [-0.15, -0.1) is 0 Å². The fourth-order valence-electron chi connectivity index (χ4n) is 5.42. The molecule has 0 rings (SSSR count). The summed E-state index contributed by atoms with van der Waals surface area (Å²) in [6.45, 7) is 3.60. The predicted molar refractivity (Wildman–Crippen MR) is 161 cm³/mol. The van der Waals surface area contributed by atoms with Gasteiger partial charge in [-0.2, -0.15) is 0 Å². The molecule has 0 radical (unpaired) electrons. The van der Waals surface area contributed by atoms with E-state index in [1.165, 1.54) is 96.3 Å². The van der Waals surface area contributed by atoms with Crippen molar-refractivity contribution in [1.82, 2.24) is 0 Å². The Hall–Kier alpha value is -1.89. The molecule has 0 saturated carbocycles. The molecule has 40 heavy (non-hydrogen) atoms. The third-order valence-corrected chi connectivity index (χ3v) is 8.03. The number of carbonyl (C=O) groups excluding carboxylic acids is 1. The van der Waals surface area contributed by atoms with E-state index in [1.807, 2.05) is 0 Å². The van der Waals surface area contributed by atoms with Gasteiger partial charge in [0.25, 0.3) is 0 Å². The zero-order valence-electron chi connectivity index (χ0n) is 25.7. The molecule has 0 aromatic rings. The number of hydrogen-bond donors (Lipinski definition) is 2. The maximum atomic E-state index is 11.1. The minimum Gasteiger partial charge on any atom is -0.550 e. The van der Waals surface area contributed by atoms with Crippen LogP contribution in [0.15, 0.2) is 12.2 Å². The van der Waals surface area contributed by atoms with Gasteiger partial charge in [-0.05, 0) is 38.5 Å². The number of aliphatic carboxylic acids is 3. The topological polar surface area (TPSA) is 115 Å². The van der Waals surface area contributed by atoms with E-state index >= 15 is 0 Å². The third kappa shape index (κ3) is 26.3. The fraction of sp³-hybridized carbons (Fsp3) is 0.848. The zero-order valence-corrected chi connectivity index (χ0v) is 25.7. The summed E-state index contributed by atoms with van der Waals surface area (Å²) in [4.78, 5) is 33.3. The van der Waals surface area contributed by atoms with Gasteiger partial charge in [0, 0.05) is 12.4 Å². The standard InChI is InChI=1S/C33H61NO6/c1-2-3-4-5-6-7-8-9-10-11-12-13-14-15-16-17-18-19-20-21-22-23-27-34(28-24-31(35)36,29-25-32(37)38)30-26-33(39)40/h14-15H,2-13,16-30H2,1H3,(H2-,35,36,37,38,39,40)/b15-14+. The molecule has 0 aliphatic heterocycles. The van der Waals surface area contributed by atoms with Gasteiger partial charge in [-0.1, -0.05) is 109 Å². The smallest absolute Gasteiger partial charge is 0.309 e. The molecule has 234 valence electrons. The minimum absolute atomic E-state index is 0.0968. The molecule has 0 fully saturated rings. The lowest BCUT2D eigenvalue weighted by atomic mass is 10.0. The van der Waals surface area contributed by atoms with Crippen LogP contribution in [-0.2, 0) is 14.4 Å². The van der Waals surface area contributed by atoms with E-state index in [-0.39, 0.29) is 43.4 Å². The molecule has 0 amide bonds. The van der Waals surface area contributed by atoms with Crippen molar-refractivity contribution in [3.05, 3.63) is 12.2 Å². The van der Waals surface area contributed by atoms with Gasteiger partial charge < -0.3 is 24.6 Å². The lowest BCUT2D eigenvalue weighted by molar-refractivity contribution is -0.927. The highest BCUT2D eigenvalue weighted by Gasteiger charge is 2.28. The second-order valence-electron chi connectivity index (χ2n) is 11.7. The highest BCUT2D eigenvalue weighted by atomic mass is 16.4. The Labute approximate surface area is 245 Å². The second kappa shape index (κ2) is 27.3. The number of hydrogen-bond acceptors (Lipinski definition) is 4. The van der Waals surface area contributed by atoms with E-state index in [0.717, 1.165) is 32.1 Å². The Kier molecular flexibility index (Phi) is 26.0. The monoisotopic (exact) mass is 567 g/mol. The number of unbranched alkanes of at least 4 members (excludes halogenated alkanes) is 18. The lowest BCUT2D eigenvalue weighted by Crippen LogP contribution is -2.53. The van der Waals surface area contributed by atoms with Crippen LogP contribution in [0.2, 0.25) is 0 Å². The fourth-order valence-corrected chi connectivity index (χ4v) is 5.42. The van der Waals surface area contributed by atoms with Crippen LogP contribution in [0.25, 0.3) is 0 Å². The molecular formula is C33H61NO6. The normalized spacial score (nSPS) is 11.8. The highest BCUT2D eigenvalue weighted by Crippen LogP contribution is 2.17. The molecule has 0 aromatic carbocycles. The first-order valence-corrected chi connectivity index (χ1v) is 16.4. The predicted octanol–water partition coefficient (Wildman–Crippen LogP) is 7.27. The molecule has 7 heteroatoms. The van der Waals surface area contributed by atoms with Crippen LogP contribution >= 0.6 is 0 Å². The summed E-state index contributed by atoms with van der Waals surface area (Å²) in [5.74, 6) is -3.08. The van der Waals surface area contributed by atoms with Crippen molar-refractivity contribution in [2.24, 2.45) is 0 Å². The number of carboxylic acid groups (broad SMARTS) is 3. The van der Waals surface area contributed by atoms with Crippen molar-refractivity contribution in [1.29, 1.82) is 0 Å². The van der Waals surface area contributed by atoms with Crippen LogP contribution in [0.1, 0.15) is 155 Å². The minimum atomic E-state index is -1.18. The molecule has 0 aliphatic rings. The van der Waals surface area contributed by atoms with Crippen LogP contribution in [-0.4, -0.2) is 58.8 Å². The number of nitrogens with zero attached hydrogens (tertiary/aromatic N) is 1. The Balaban J connectivity index is 3.86. The number of carboxylic acids is 3. The van der Waals surface area contributed by atoms with Gasteiger partial charge in [0.05, 0.1) is 39.0 Å². The Bertz CT molecular complexity index is 618. The van der Waals surface area contributed by atoms with Crippen molar-refractivity contribution >= 4 is 17.9 Å². The molecule has 0 bridgehead atoms. The van der Waals surface area contributed by atoms with E-state index in [1.54, 1.807) is 0 Å². The van der Waals surface area contributed by atoms with E-state index < -0.39 is 17.9 Å². The number of carbonyl (C=O) groups is 3. The summed E-state index contributed by atoms with van der Waals surface area (Å²) in [5.41, 5.74) is 0. The molecule has 0 aliphatic carbocycles. The molecule has 0 aromatic heterocycles. The van der Waals surface area contributed by atoms with Crippen LogP contribution < -0.4 is 5.11 Å². The zero-order chi connectivity index (χ0) is 29.7. The average Bonchev–Trinajstić information content (AvgIpc) is 2.92. The molecule has 0 atom stereocenters. The van der Waals surface area contributed by atoms with Gasteiger partial charge in [-0.25, -0.2) is 0 Å². The van der Waals surface area contributed by atoms with E-state index in [0.29, 0.717) is 6.54 Å². The SMILES string of the molecule is CCCCCCCCCCCCC/C=C/CCCCCCCCC[N+](CCC(=O)[O-])(CCC(=O)O)CCC(=O)O. The molecule has 0 unspecified atom stereocenters. The summed E-state index contributed by atoms with van der Waals surface area (Å²) in [6.07, 6.45) is 29.7. The third-order valence-electron chi connectivity index (χ3n) is 8.03. The lowest BCUT2D eigenvalue weighted by Gasteiger charge is -2.38. The van der Waals surface area contributed by atoms with Gasteiger partial charge in [0.2, 0.25) is 0 Å². The number of rotatable bonds is 31. The average molecular weight is 568 g/mol. The summed E-state index contributed by atoms with van der Waals surface area (Å²) in [7, 11) is 0. The summed E-state index contributed by atoms with van der Waals surface area (Å²) in [5, 5.41) is 29.3. The maximum Gasteiger partial charge on any atom is 0.309 e. The molecule has 0 heterocycles. The van der Waals surface area contributed by atoms with E-state index in [4.69, 9.17) is 10.2 Å². The molecular weight excluding hydrogens is 506 g/mol. The Morgan fingerprint density at radius 2 is 0.875 bits per heavy atom. The van der Waals surface area contributed by atoms with E-state index in [2.05, 4.69) is 19.1 Å². The van der Waals surface area contributed by atoms with Crippen molar-refractivity contribution < 1.29 is 34.2 Å². The van der Waals surface area contributed by atoms with Gasteiger partial charge in [0.15, 0.2) is 0 Å². The Morgan fingerprint density at radius 1 is 0.525 bits per heavy atom.